The third-order valence-corrected chi connectivity index (χ3v) is 2.52. The Labute approximate surface area is 109 Å². The smallest absolute Gasteiger partial charge is 0.435 e. The van der Waals surface area contributed by atoms with Gasteiger partial charge >= 0.3 is 12.1 Å². The molecule has 0 spiro atoms. The number of nitrogens with zero attached hydrogens (tertiary/aromatic N) is 3. The van der Waals surface area contributed by atoms with Crippen LogP contribution < -0.4 is 0 Å². The van der Waals surface area contributed by atoms with Gasteiger partial charge in [-0.15, -0.1) is 0 Å². The molecule has 0 amide bonds. The van der Waals surface area contributed by atoms with Crippen molar-refractivity contribution in [3.05, 3.63) is 40.9 Å². The van der Waals surface area contributed by atoms with Gasteiger partial charge in [0, 0.05) is 12.3 Å². The molecule has 9 heteroatoms. The van der Waals surface area contributed by atoms with Crippen LogP contribution in [0.4, 0.5) is 13.2 Å². The van der Waals surface area contributed by atoms with Gasteiger partial charge in [-0.25, -0.2) is 9.48 Å². The van der Waals surface area contributed by atoms with E-state index in [1.165, 1.54) is 12.3 Å². The molecule has 0 aliphatic rings. The third kappa shape index (κ3) is 2.53. The number of aromatic nitrogens is 3. The quantitative estimate of drug-likeness (QED) is 0.923. The van der Waals surface area contributed by atoms with Crippen LogP contribution in [-0.2, 0) is 6.18 Å². The van der Waals surface area contributed by atoms with Gasteiger partial charge in [0.05, 0.1) is 11.2 Å². The summed E-state index contributed by atoms with van der Waals surface area (Å²) in [7, 11) is 0. The molecular formula is C10H5ClF3N3O2. The molecule has 0 radical (unpaired) electrons. The first kappa shape index (κ1) is 13.3. The molecule has 2 aromatic heterocycles. The van der Waals surface area contributed by atoms with Crippen LogP contribution in [0, 0.1) is 0 Å². The topological polar surface area (TPSA) is 68.0 Å². The van der Waals surface area contributed by atoms with Crippen molar-refractivity contribution < 1.29 is 23.1 Å². The fraction of sp³-hybridized carbons (Fsp3) is 0.100. The van der Waals surface area contributed by atoms with E-state index in [0.717, 1.165) is 6.20 Å². The summed E-state index contributed by atoms with van der Waals surface area (Å²) in [6, 6.07) is 1.75. The highest BCUT2D eigenvalue weighted by Crippen LogP contribution is 2.30. The molecule has 2 rings (SSSR count). The number of carbonyl (C=O) groups is 1. The predicted octanol–water partition coefficient (Wildman–Crippen LogP) is 2.64. The number of hydrogen-bond donors (Lipinski definition) is 1. The highest BCUT2D eigenvalue weighted by Gasteiger charge is 2.36. The molecule has 0 saturated heterocycles. The van der Waals surface area contributed by atoms with E-state index in [-0.39, 0.29) is 10.7 Å². The molecule has 1 N–H and O–H groups in total. The van der Waals surface area contributed by atoms with Crippen LogP contribution in [0.1, 0.15) is 16.2 Å². The summed E-state index contributed by atoms with van der Waals surface area (Å²) >= 11 is 5.78. The van der Waals surface area contributed by atoms with Crippen molar-refractivity contribution in [1.82, 2.24) is 14.8 Å². The first-order valence-electron chi connectivity index (χ1n) is 4.81. The number of rotatable bonds is 2. The monoisotopic (exact) mass is 291 g/mol. The van der Waals surface area contributed by atoms with Crippen LogP contribution >= 0.6 is 11.6 Å². The van der Waals surface area contributed by atoms with E-state index in [1.807, 2.05) is 0 Å². The second-order valence-electron chi connectivity index (χ2n) is 3.46. The minimum Gasteiger partial charge on any atom is -0.477 e. The number of carboxylic acids is 1. The maximum Gasteiger partial charge on any atom is 0.435 e. The molecule has 2 aromatic rings. The number of carboxylic acid groups (broad SMARTS) is 1. The number of pyridine rings is 1. The maximum absolute atomic E-state index is 12.5. The van der Waals surface area contributed by atoms with Gasteiger partial charge in [0.1, 0.15) is 5.69 Å². The Balaban J connectivity index is 2.66. The molecular weight excluding hydrogens is 287 g/mol. The standard InChI is InChI=1S/C10H5ClF3N3O2/c11-5-1-2-15-4-7(5)17-6(9(18)19)3-8(16-17)10(12,13)14/h1-4H,(H,18,19). The Morgan fingerprint density at radius 2 is 2.11 bits per heavy atom. The van der Waals surface area contributed by atoms with Crippen LogP contribution in [0.3, 0.4) is 0 Å². The predicted molar refractivity (Wildman–Crippen MR) is 58.3 cm³/mol. The molecule has 5 nitrogen and oxygen atoms in total. The van der Waals surface area contributed by atoms with Crippen molar-refractivity contribution in [2.45, 2.75) is 6.18 Å². The first-order chi connectivity index (χ1) is 8.80. The second kappa shape index (κ2) is 4.54. The minimum atomic E-state index is -4.75. The Bertz CT molecular complexity index is 639. The zero-order valence-electron chi connectivity index (χ0n) is 9.02. The zero-order chi connectivity index (χ0) is 14.2. The van der Waals surface area contributed by atoms with Crippen LogP contribution in [-0.4, -0.2) is 25.8 Å². The van der Waals surface area contributed by atoms with E-state index in [9.17, 15) is 18.0 Å². The van der Waals surface area contributed by atoms with Crippen LogP contribution in [0.25, 0.3) is 5.69 Å². The molecule has 0 aromatic carbocycles. The van der Waals surface area contributed by atoms with Gasteiger partial charge in [-0.2, -0.15) is 18.3 Å². The summed E-state index contributed by atoms with van der Waals surface area (Å²) in [5.74, 6) is -1.55. The lowest BCUT2D eigenvalue weighted by atomic mass is 10.3. The first-order valence-corrected chi connectivity index (χ1v) is 5.19. The highest BCUT2D eigenvalue weighted by molar-refractivity contribution is 6.32. The lowest BCUT2D eigenvalue weighted by Gasteiger charge is -2.05. The molecule has 0 fully saturated rings. The van der Waals surface area contributed by atoms with Gasteiger partial charge in [0.2, 0.25) is 0 Å². The largest absolute Gasteiger partial charge is 0.477 e. The second-order valence-corrected chi connectivity index (χ2v) is 3.86. The lowest BCUT2D eigenvalue weighted by molar-refractivity contribution is -0.141. The summed E-state index contributed by atoms with van der Waals surface area (Å²) in [6.07, 6.45) is -2.30. The lowest BCUT2D eigenvalue weighted by Crippen LogP contribution is -2.10. The van der Waals surface area contributed by atoms with E-state index >= 15 is 0 Å². The number of alkyl halides is 3. The average molecular weight is 292 g/mol. The number of halogens is 4. The molecule has 0 atom stereocenters. The Morgan fingerprint density at radius 1 is 1.42 bits per heavy atom. The Kier molecular flexibility index (Phi) is 3.19. The Hall–Kier alpha value is -2.09. The molecule has 2 heterocycles. The molecule has 0 bridgehead atoms. The van der Waals surface area contributed by atoms with E-state index in [2.05, 4.69) is 10.1 Å². The van der Waals surface area contributed by atoms with Crippen molar-refractivity contribution in [1.29, 1.82) is 0 Å². The van der Waals surface area contributed by atoms with Crippen LogP contribution in [0.2, 0.25) is 5.02 Å². The normalized spacial score (nSPS) is 11.6. The fourth-order valence-electron chi connectivity index (χ4n) is 1.38. The van der Waals surface area contributed by atoms with E-state index in [0.29, 0.717) is 10.7 Å². The van der Waals surface area contributed by atoms with E-state index in [4.69, 9.17) is 16.7 Å². The van der Waals surface area contributed by atoms with Crippen molar-refractivity contribution >= 4 is 17.6 Å². The summed E-state index contributed by atoms with van der Waals surface area (Å²) in [5.41, 5.74) is -2.01. The summed E-state index contributed by atoms with van der Waals surface area (Å²) in [4.78, 5) is 14.6. The third-order valence-electron chi connectivity index (χ3n) is 2.20. The van der Waals surface area contributed by atoms with Gasteiger partial charge in [-0.05, 0) is 6.07 Å². The van der Waals surface area contributed by atoms with Crippen molar-refractivity contribution in [3.8, 4) is 5.69 Å². The maximum atomic E-state index is 12.5. The zero-order valence-corrected chi connectivity index (χ0v) is 9.77. The molecule has 0 aliphatic heterocycles. The number of hydrogen-bond acceptors (Lipinski definition) is 3. The van der Waals surface area contributed by atoms with Crippen molar-refractivity contribution in [2.24, 2.45) is 0 Å². The summed E-state index contributed by atoms with van der Waals surface area (Å²) < 4.78 is 38.2. The molecule has 0 unspecified atom stereocenters. The van der Waals surface area contributed by atoms with Gasteiger partial charge in [0.15, 0.2) is 11.4 Å². The van der Waals surface area contributed by atoms with Crippen molar-refractivity contribution in [2.75, 3.05) is 0 Å². The summed E-state index contributed by atoms with van der Waals surface area (Å²) in [5, 5.41) is 12.2. The van der Waals surface area contributed by atoms with Crippen LogP contribution in [0.5, 0.6) is 0 Å². The van der Waals surface area contributed by atoms with Crippen LogP contribution in [0.15, 0.2) is 24.5 Å². The SMILES string of the molecule is O=C(O)c1cc(C(F)(F)F)nn1-c1cnccc1Cl. The number of aromatic carboxylic acids is 1. The molecule has 0 saturated carbocycles. The summed E-state index contributed by atoms with van der Waals surface area (Å²) in [6.45, 7) is 0. The van der Waals surface area contributed by atoms with Gasteiger partial charge < -0.3 is 5.11 Å². The minimum absolute atomic E-state index is 0.0364. The van der Waals surface area contributed by atoms with Crippen molar-refractivity contribution in [3.63, 3.8) is 0 Å². The molecule has 0 aliphatic carbocycles. The van der Waals surface area contributed by atoms with E-state index in [1.54, 1.807) is 0 Å². The van der Waals surface area contributed by atoms with Gasteiger partial charge in [-0.1, -0.05) is 11.6 Å². The highest BCUT2D eigenvalue weighted by atomic mass is 35.5. The molecule has 100 valence electrons. The van der Waals surface area contributed by atoms with E-state index < -0.39 is 23.5 Å². The van der Waals surface area contributed by atoms with Gasteiger partial charge in [-0.3, -0.25) is 4.98 Å². The Morgan fingerprint density at radius 3 is 2.63 bits per heavy atom. The van der Waals surface area contributed by atoms with Gasteiger partial charge in [0.25, 0.3) is 0 Å². The average Bonchev–Trinajstić information content (AvgIpc) is 2.74. The fourth-order valence-corrected chi connectivity index (χ4v) is 1.57. The molecule has 19 heavy (non-hydrogen) atoms.